The number of amides is 1. The molecule has 3 aromatic carbocycles. The zero-order chi connectivity index (χ0) is 21.8. The quantitative estimate of drug-likeness (QED) is 0.629. The van der Waals surface area contributed by atoms with Crippen LogP contribution in [0.15, 0.2) is 83.8 Å². The number of hydrogen-bond donors (Lipinski definition) is 1. The molecule has 31 heavy (non-hydrogen) atoms. The van der Waals surface area contributed by atoms with Gasteiger partial charge in [0, 0.05) is 18.7 Å². The third kappa shape index (κ3) is 4.55. The third-order valence-electron chi connectivity index (χ3n) is 5.67. The number of sulfonamides is 1. The molecule has 1 N–H and O–H groups in total. The van der Waals surface area contributed by atoms with Gasteiger partial charge in [-0.15, -0.1) is 0 Å². The fourth-order valence-electron chi connectivity index (χ4n) is 3.95. The largest absolute Gasteiger partial charge is 0.341 e. The molecular weight excluding hydrogens is 408 g/mol. The van der Waals surface area contributed by atoms with Crippen LogP contribution in [0.3, 0.4) is 0 Å². The van der Waals surface area contributed by atoms with Crippen LogP contribution in [-0.4, -0.2) is 31.7 Å². The minimum Gasteiger partial charge on any atom is -0.341 e. The summed E-state index contributed by atoms with van der Waals surface area (Å²) in [6.45, 7) is 2.83. The number of nitrogens with one attached hydrogen (secondary N) is 1. The highest BCUT2D eigenvalue weighted by Gasteiger charge is 2.29. The van der Waals surface area contributed by atoms with Crippen molar-refractivity contribution < 1.29 is 13.2 Å². The average molecular weight is 435 g/mol. The first-order valence-electron chi connectivity index (χ1n) is 10.5. The first kappa shape index (κ1) is 21.3. The van der Waals surface area contributed by atoms with Crippen molar-refractivity contribution in [2.75, 3.05) is 13.1 Å². The van der Waals surface area contributed by atoms with Gasteiger partial charge in [-0.05, 0) is 48.6 Å². The van der Waals surface area contributed by atoms with E-state index in [0.717, 1.165) is 24.0 Å². The predicted octanol–water partition coefficient (Wildman–Crippen LogP) is 4.30. The first-order chi connectivity index (χ1) is 15.0. The second kappa shape index (κ2) is 9.04. The van der Waals surface area contributed by atoms with Crippen molar-refractivity contribution in [3.63, 3.8) is 0 Å². The van der Waals surface area contributed by atoms with E-state index in [9.17, 15) is 13.2 Å². The fraction of sp³-hybridized carbons (Fsp3) is 0.240. The van der Waals surface area contributed by atoms with E-state index in [1.54, 1.807) is 19.1 Å². The summed E-state index contributed by atoms with van der Waals surface area (Å²) in [5, 5.41) is 3.09. The van der Waals surface area contributed by atoms with Gasteiger partial charge in [-0.3, -0.25) is 4.79 Å². The standard InChI is InChI=1S/C25H26N2O3S/c1-19-14-15-22(18-23(19)31(29,30)27-16-8-9-17-27)25(28)26-24(20-10-4-2-5-11-20)21-12-6-3-7-13-21/h2-7,10-15,18,24H,8-9,16-17H2,1H3,(H,26,28). The van der Waals surface area contributed by atoms with Crippen LogP contribution in [0.4, 0.5) is 0 Å². The smallest absolute Gasteiger partial charge is 0.252 e. The van der Waals surface area contributed by atoms with Crippen LogP contribution in [0, 0.1) is 6.92 Å². The summed E-state index contributed by atoms with van der Waals surface area (Å²) in [5.41, 5.74) is 2.89. The predicted molar refractivity (Wildman–Crippen MR) is 121 cm³/mol. The molecule has 6 heteroatoms. The molecule has 0 unspecified atom stereocenters. The van der Waals surface area contributed by atoms with E-state index >= 15 is 0 Å². The molecular formula is C25H26N2O3S. The minimum atomic E-state index is -3.60. The summed E-state index contributed by atoms with van der Waals surface area (Å²) in [7, 11) is -3.60. The lowest BCUT2D eigenvalue weighted by molar-refractivity contribution is 0.0942. The molecule has 1 amide bonds. The maximum atomic E-state index is 13.2. The van der Waals surface area contributed by atoms with Crippen molar-refractivity contribution in [1.29, 1.82) is 0 Å². The highest BCUT2D eigenvalue weighted by atomic mass is 32.2. The van der Waals surface area contributed by atoms with E-state index < -0.39 is 10.0 Å². The van der Waals surface area contributed by atoms with Crippen molar-refractivity contribution in [1.82, 2.24) is 9.62 Å². The van der Waals surface area contributed by atoms with E-state index in [-0.39, 0.29) is 16.8 Å². The Hall–Kier alpha value is -2.96. The topological polar surface area (TPSA) is 66.5 Å². The van der Waals surface area contributed by atoms with E-state index in [0.29, 0.717) is 24.2 Å². The van der Waals surface area contributed by atoms with Gasteiger partial charge >= 0.3 is 0 Å². The minimum absolute atomic E-state index is 0.207. The van der Waals surface area contributed by atoms with Crippen molar-refractivity contribution in [2.24, 2.45) is 0 Å². The maximum Gasteiger partial charge on any atom is 0.252 e. The van der Waals surface area contributed by atoms with Crippen molar-refractivity contribution >= 4 is 15.9 Å². The van der Waals surface area contributed by atoms with Crippen LogP contribution in [0.2, 0.25) is 0 Å². The van der Waals surface area contributed by atoms with Crippen LogP contribution < -0.4 is 5.32 Å². The molecule has 0 atom stereocenters. The number of carbonyl (C=O) groups excluding carboxylic acids is 1. The fourth-order valence-corrected chi connectivity index (χ4v) is 5.72. The summed E-state index contributed by atoms with van der Waals surface area (Å²) < 4.78 is 27.7. The number of benzene rings is 3. The van der Waals surface area contributed by atoms with E-state index in [4.69, 9.17) is 0 Å². The molecule has 3 aromatic rings. The Morgan fingerprint density at radius 1 is 0.871 bits per heavy atom. The Balaban J connectivity index is 1.66. The first-order valence-corrected chi connectivity index (χ1v) is 11.9. The molecule has 1 heterocycles. The van der Waals surface area contributed by atoms with E-state index in [2.05, 4.69) is 5.32 Å². The highest BCUT2D eigenvalue weighted by Crippen LogP contribution is 2.26. The lowest BCUT2D eigenvalue weighted by Gasteiger charge is -2.21. The SMILES string of the molecule is Cc1ccc(C(=O)NC(c2ccccc2)c2ccccc2)cc1S(=O)(=O)N1CCCC1. The van der Waals surface area contributed by atoms with E-state index in [1.165, 1.54) is 10.4 Å². The zero-order valence-corrected chi connectivity index (χ0v) is 18.3. The Morgan fingerprint density at radius 2 is 1.42 bits per heavy atom. The molecule has 1 saturated heterocycles. The van der Waals surface area contributed by atoms with Gasteiger partial charge in [0.1, 0.15) is 0 Å². The number of aryl methyl sites for hydroxylation is 1. The number of rotatable bonds is 6. The second-order valence-corrected chi connectivity index (χ2v) is 9.73. The molecule has 160 valence electrons. The van der Waals surface area contributed by atoms with Crippen LogP contribution in [0.1, 0.15) is 45.9 Å². The number of hydrogen-bond acceptors (Lipinski definition) is 3. The summed E-state index contributed by atoms with van der Waals surface area (Å²) >= 11 is 0. The van der Waals surface area contributed by atoms with Crippen LogP contribution in [0.25, 0.3) is 0 Å². The monoisotopic (exact) mass is 434 g/mol. The molecule has 0 spiro atoms. The van der Waals surface area contributed by atoms with Crippen LogP contribution >= 0.6 is 0 Å². The van der Waals surface area contributed by atoms with Gasteiger partial charge in [0.15, 0.2) is 0 Å². The molecule has 0 bridgehead atoms. The summed E-state index contributed by atoms with van der Waals surface area (Å²) in [4.78, 5) is 13.4. The van der Waals surface area contributed by atoms with Gasteiger partial charge in [0.05, 0.1) is 10.9 Å². The maximum absolute atomic E-state index is 13.2. The van der Waals surface area contributed by atoms with Crippen LogP contribution in [0.5, 0.6) is 0 Å². The Labute approximate surface area is 183 Å². The van der Waals surface area contributed by atoms with Crippen molar-refractivity contribution in [3.05, 3.63) is 101 Å². The summed E-state index contributed by atoms with van der Waals surface area (Å²) in [6.07, 6.45) is 1.74. The summed E-state index contributed by atoms with van der Waals surface area (Å²) in [5.74, 6) is -0.310. The number of nitrogens with zero attached hydrogens (tertiary/aromatic N) is 1. The zero-order valence-electron chi connectivity index (χ0n) is 17.5. The van der Waals surface area contributed by atoms with Gasteiger partial charge in [-0.25, -0.2) is 8.42 Å². The molecule has 1 fully saturated rings. The Bertz CT molecular complexity index is 1120. The lowest BCUT2D eigenvalue weighted by atomic mass is 9.98. The average Bonchev–Trinajstić information content (AvgIpc) is 3.35. The van der Waals surface area contributed by atoms with Crippen molar-refractivity contribution in [2.45, 2.75) is 30.7 Å². The summed E-state index contributed by atoms with van der Waals surface area (Å²) in [6, 6.07) is 24.0. The molecule has 0 aliphatic carbocycles. The normalized spacial score (nSPS) is 14.6. The van der Waals surface area contributed by atoms with Gasteiger partial charge in [-0.2, -0.15) is 4.31 Å². The van der Waals surface area contributed by atoms with E-state index in [1.807, 2.05) is 60.7 Å². The molecule has 0 radical (unpaired) electrons. The molecule has 0 saturated carbocycles. The molecule has 5 nitrogen and oxygen atoms in total. The highest BCUT2D eigenvalue weighted by molar-refractivity contribution is 7.89. The Kier molecular flexibility index (Phi) is 6.20. The third-order valence-corrected chi connectivity index (χ3v) is 7.72. The van der Waals surface area contributed by atoms with Gasteiger partial charge < -0.3 is 5.32 Å². The van der Waals surface area contributed by atoms with Gasteiger partial charge in [0.2, 0.25) is 10.0 Å². The molecule has 0 aromatic heterocycles. The second-order valence-electron chi connectivity index (χ2n) is 7.82. The van der Waals surface area contributed by atoms with Gasteiger partial charge in [-0.1, -0.05) is 66.7 Å². The molecule has 1 aliphatic rings. The number of carbonyl (C=O) groups is 1. The van der Waals surface area contributed by atoms with Crippen molar-refractivity contribution in [3.8, 4) is 0 Å². The van der Waals surface area contributed by atoms with Gasteiger partial charge in [0.25, 0.3) is 5.91 Å². The van der Waals surface area contributed by atoms with Crippen LogP contribution in [-0.2, 0) is 10.0 Å². The molecule has 1 aliphatic heterocycles. The molecule has 4 rings (SSSR count). The Morgan fingerprint density at radius 3 is 1.97 bits per heavy atom. The lowest BCUT2D eigenvalue weighted by Crippen LogP contribution is -2.31.